The highest BCUT2D eigenvalue weighted by Crippen LogP contribution is 2.29. The van der Waals surface area contributed by atoms with Crippen molar-refractivity contribution in [2.75, 3.05) is 6.54 Å². The van der Waals surface area contributed by atoms with Crippen molar-refractivity contribution in [1.29, 1.82) is 0 Å². The van der Waals surface area contributed by atoms with Crippen LogP contribution >= 0.6 is 0 Å². The minimum absolute atomic E-state index is 0.813. The molecule has 148 valence electrons. The maximum Gasteiger partial charge on any atom is 0.0241 e. The fourth-order valence-electron chi connectivity index (χ4n) is 3.87. The van der Waals surface area contributed by atoms with Crippen molar-refractivity contribution >= 4 is 5.57 Å². The van der Waals surface area contributed by atoms with Crippen LogP contribution in [0.4, 0.5) is 0 Å². The number of hydrogen-bond donors (Lipinski definition) is 0. The third-order valence-corrected chi connectivity index (χ3v) is 5.31. The molecule has 4 aromatic carbocycles. The van der Waals surface area contributed by atoms with E-state index >= 15 is 0 Å². The van der Waals surface area contributed by atoms with Crippen molar-refractivity contribution in [3.8, 4) is 11.1 Å². The van der Waals surface area contributed by atoms with E-state index in [-0.39, 0.29) is 0 Å². The highest BCUT2D eigenvalue weighted by molar-refractivity contribution is 5.81. The first kappa shape index (κ1) is 19.9. The molecule has 30 heavy (non-hydrogen) atoms. The Bertz CT molecular complexity index is 1030. The summed E-state index contributed by atoms with van der Waals surface area (Å²) in [6, 6.07) is 40.5. The van der Waals surface area contributed by atoms with Crippen LogP contribution in [0.25, 0.3) is 16.7 Å². The minimum atomic E-state index is 0.813. The summed E-state index contributed by atoms with van der Waals surface area (Å²) in [7, 11) is 0. The number of benzene rings is 4. The molecule has 0 amide bonds. The summed E-state index contributed by atoms with van der Waals surface area (Å²) >= 11 is 0. The molecule has 0 bridgehead atoms. The lowest BCUT2D eigenvalue weighted by Gasteiger charge is -2.25. The largest absolute Gasteiger partial charge is 0.291 e. The van der Waals surface area contributed by atoms with Crippen LogP contribution in [0.5, 0.6) is 0 Å². The molecule has 0 heterocycles. The molecule has 0 unspecified atom stereocenters. The van der Waals surface area contributed by atoms with Crippen LogP contribution in [0.1, 0.15) is 16.7 Å². The lowest BCUT2D eigenvalue weighted by Crippen LogP contribution is -2.24. The Labute approximate surface area is 179 Å². The van der Waals surface area contributed by atoms with E-state index in [0.29, 0.717) is 0 Å². The van der Waals surface area contributed by atoms with Gasteiger partial charge in [0.15, 0.2) is 0 Å². The van der Waals surface area contributed by atoms with Gasteiger partial charge >= 0.3 is 0 Å². The molecule has 0 spiro atoms. The van der Waals surface area contributed by atoms with E-state index in [1.165, 1.54) is 27.8 Å². The van der Waals surface area contributed by atoms with Crippen molar-refractivity contribution in [3.05, 3.63) is 139 Å². The number of hydrogen-bond acceptors (Lipinski definition) is 1. The van der Waals surface area contributed by atoms with Crippen LogP contribution in [0.3, 0.4) is 0 Å². The molecule has 0 aromatic heterocycles. The average molecular weight is 390 g/mol. The van der Waals surface area contributed by atoms with Crippen molar-refractivity contribution in [3.63, 3.8) is 0 Å². The standard InChI is InChI=1S/C29H27N/c1-24(28-19-11-12-20-29(28)27-17-9-4-10-18-27)21-30(22-25-13-5-2-6-14-25)23-26-15-7-3-8-16-26/h2-20H,1,21-23H2. The van der Waals surface area contributed by atoms with Gasteiger partial charge in [-0.15, -0.1) is 0 Å². The van der Waals surface area contributed by atoms with Gasteiger partial charge in [0.1, 0.15) is 0 Å². The predicted octanol–water partition coefficient (Wildman–Crippen LogP) is 7.07. The van der Waals surface area contributed by atoms with Crippen LogP contribution in [0, 0.1) is 0 Å². The molecule has 0 aliphatic heterocycles. The second kappa shape index (κ2) is 9.87. The van der Waals surface area contributed by atoms with E-state index in [1.54, 1.807) is 0 Å². The molecule has 0 atom stereocenters. The molecule has 4 aromatic rings. The van der Waals surface area contributed by atoms with Gasteiger partial charge in [-0.2, -0.15) is 0 Å². The van der Waals surface area contributed by atoms with Gasteiger partial charge in [-0.05, 0) is 33.4 Å². The molecule has 0 saturated carbocycles. The second-order valence-corrected chi connectivity index (χ2v) is 7.63. The Balaban J connectivity index is 1.59. The summed E-state index contributed by atoms with van der Waals surface area (Å²) in [5.74, 6) is 0. The molecule has 0 aliphatic carbocycles. The third-order valence-electron chi connectivity index (χ3n) is 5.31. The lowest BCUT2D eigenvalue weighted by atomic mass is 9.95. The van der Waals surface area contributed by atoms with Crippen LogP contribution < -0.4 is 0 Å². The molecule has 0 fully saturated rings. The Morgan fingerprint density at radius 3 is 1.60 bits per heavy atom. The molecule has 0 saturated heterocycles. The summed E-state index contributed by atoms with van der Waals surface area (Å²) in [4.78, 5) is 2.47. The zero-order valence-corrected chi connectivity index (χ0v) is 17.2. The Kier molecular flexibility index (Phi) is 6.54. The number of rotatable bonds is 8. The first-order chi connectivity index (χ1) is 14.8. The molecular weight excluding hydrogens is 362 g/mol. The van der Waals surface area contributed by atoms with Gasteiger partial charge in [0.25, 0.3) is 0 Å². The van der Waals surface area contributed by atoms with Crippen LogP contribution in [0.2, 0.25) is 0 Å². The summed E-state index contributed by atoms with van der Waals surface area (Å²) in [6.45, 7) is 7.09. The molecule has 0 N–H and O–H groups in total. The van der Waals surface area contributed by atoms with Crippen molar-refractivity contribution in [2.45, 2.75) is 13.1 Å². The monoisotopic (exact) mass is 389 g/mol. The van der Waals surface area contributed by atoms with Crippen molar-refractivity contribution in [2.24, 2.45) is 0 Å². The Morgan fingerprint density at radius 2 is 1.03 bits per heavy atom. The smallest absolute Gasteiger partial charge is 0.0241 e. The van der Waals surface area contributed by atoms with Gasteiger partial charge in [0.05, 0.1) is 0 Å². The van der Waals surface area contributed by atoms with E-state index in [0.717, 1.165) is 25.2 Å². The summed E-state index contributed by atoms with van der Waals surface area (Å²) in [6.07, 6.45) is 0. The van der Waals surface area contributed by atoms with Gasteiger partial charge in [-0.1, -0.05) is 122 Å². The van der Waals surface area contributed by atoms with E-state index in [2.05, 4.69) is 127 Å². The molecule has 0 aliphatic rings. The summed E-state index contributed by atoms with van der Waals surface area (Å²) < 4.78 is 0. The highest BCUT2D eigenvalue weighted by Gasteiger charge is 2.13. The fraction of sp³-hybridized carbons (Fsp3) is 0.103. The Hall–Kier alpha value is -3.42. The van der Waals surface area contributed by atoms with Gasteiger partial charge in [-0.25, -0.2) is 0 Å². The quantitative estimate of drug-likeness (QED) is 0.311. The first-order valence-electron chi connectivity index (χ1n) is 10.4. The summed E-state index contributed by atoms with van der Waals surface area (Å²) in [5.41, 5.74) is 7.46. The van der Waals surface area contributed by atoms with Crippen molar-refractivity contribution in [1.82, 2.24) is 4.90 Å². The van der Waals surface area contributed by atoms with E-state index in [9.17, 15) is 0 Å². The maximum atomic E-state index is 4.49. The van der Waals surface area contributed by atoms with Crippen molar-refractivity contribution < 1.29 is 0 Å². The molecule has 1 heteroatoms. The van der Waals surface area contributed by atoms with E-state index in [1.807, 2.05) is 0 Å². The molecule has 1 nitrogen and oxygen atoms in total. The molecule has 4 rings (SSSR count). The van der Waals surface area contributed by atoms with Crippen LogP contribution in [-0.4, -0.2) is 11.4 Å². The zero-order chi connectivity index (χ0) is 20.6. The number of nitrogens with zero attached hydrogens (tertiary/aromatic N) is 1. The SMILES string of the molecule is C=C(CN(Cc1ccccc1)Cc1ccccc1)c1ccccc1-c1ccccc1. The van der Waals surface area contributed by atoms with Gasteiger partial charge in [0, 0.05) is 19.6 Å². The van der Waals surface area contributed by atoms with E-state index < -0.39 is 0 Å². The molecular formula is C29H27N. The minimum Gasteiger partial charge on any atom is -0.291 e. The normalized spacial score (nSPS) is 10.8. The van der Waals surface area contributed by atoms with Crippen LogP contribution in [-0.2, 0) is 13.1 Å². The van der Waals surface area contributed by atoms with Gasteiger partial charge < -0.3 is 0 Å². The first-order valence-corrected chi connectivity index (χ1v) is 10.4. The maximum absolute atomic E-state index is 4.49. The fourth-order valence-corrected chi connectivity index (χ4v) is 3.87. The highest BCUT2D eigenvalue weighted by atomic mass is 15.1. The topological polar surface area (TPSA) is 3.24 Å². The van der Waals surface area contributed by atoms with Crippen LogP contribution in [0.15, 0.2) is 122 Å². The Morgan fingerprint density at radius 1 is 0.567 bits per heavy atom. The summed E-state index contributed by atoms with van der Waals surface area (Å²) in [5, 5.41) is 0. The third kappa shape index (κ3) is 5.14. The average Bonchev–Trinajstić information content (AvgIpc) is 2.81. The molecule has 0 radical (unpaired) electrons. The predicted molar refractivity (Wildman–Crippen MR) is 128 cm³/mol. The second-order valence-electron chi connectivity index (χ2n) is 7.63. The van der Waals surface area contributed by atoms with Gasteiger partial charge in [-0.3, -0.25) is 4.90 Å². The van der Waals surface area contributed by atoms with Gasteiger partial charge in [0.2, 0.25) is 0 Å². The van der Waals surface area contributed by atoms with E-state index in [4.69, 9.17) is 0 Å². The lowest BCUT2D eigenvalue weighted by molar-refractivity contribution is 0.290. The zero-order valence-electron chi connectivity index (χ0n) is 17.2.